The Morgan fingerprint density at radius 2 is 2.06 bits per heavy atom. The van der Waals surface area contributed by atoms with Crippen LogP contribution in [0, 0.1) is 5.41 Å². The second kappa shape index (κ2) is 5.74. The fourth-order valence-electron chi connectivity index (χ4n) is 1.22. The number of carbonyl (C=O) groups excluding carboxylic acids is 1. The number of amidine groups is 1. The maximum absolute atomic E-state index is 11.6. The second-order valence-electron chi connectivity index (χ2n) is 3.54. The van der Waals surface area contributed by atoms with Crippen LogP contribution in [-0.2, 0) is 0 Å². The van der Waals surface area contributed by atoms with Gasteiger partial charge in [0.05, 0.1) is 13.7 Å². The second-order valence-corrected chi connectivity index (χ2v) is 3.54. The first-order valence-corrected chi connectivity index (χ1v) is 5.02. The Kier molecular flexibility index (Phi) is 4.33. The molecule has 4 N–H and O–H groups in total. The molecule has 0 aromatic heterocycles. The van der Waals surface area contributed by atoms with Crippen molar-refractivity contribution in [2.45, 2.75) is 0 Å². The van der Waals surface area contributed by atoms with Crippen LogP contribution in [0.3, 0.4) is 0 Å². The highest BCUT2D eigenvalue weighted by atomic mass is 16.5. The molecule has 2 amide bonds. The standard InChI is InChI=1S/C11H16N4O2/c1-15(7-10(12)13)11(16)14-8-3-5-9(17-2)6-4-8/h3-6H,7H2,1-2H3,(H3,12,13)(H,14,16). The van der Waals surface area contributed by atoms with Crippen LogP contribution in [0.25, 0.3) is 0 Å². The van der Waals surface area contributed by atoms with Crippen LogP contribution in [0.4, 0.5) is 10.5 Å². The molecule has 0 aliphatic heterocycles. The quantitative estimate of drug-likeness (QED) is 0.540. The van der Waals surface area contributed by atoms with Gasteiger partial charge in [-0.3, -0.25) is 5.41 Å². The van der Waals surface area contributed by atoms with Crippen LogP contribution in [0.15, 0.2) is 24.3 Å². The van der Waals surface area contributed by atoms with Gasteiger partial charge in [-0.15, -0.1) is 0 Å². The lowest BCUT2D eigenvalue weighted by atomic mass is 10.3. The van der Waals surface area contributed by atoms with Crippen molar-refractivity contribution in [1.29, 1.82) is 5.41 Å². The van der Waals surface area contributed by atoms with Crippen molar-refractivity contribution in [2.75, 3.05) is 26.0 Å². The van der Waals surface area contributed by atoms with Gasteiger partial charge in [-0.2, -0.15) is 0 Å². The molecule has 17 heavy (non-hydrogen) atoms. The summed E-state index contributed by atoms with van der Waals surface area (Å²) >= 11 is 0. The van der Waals surface area contributed by atoms with E-state index < -0.39 is 0 Å². The van der Waals surface area contributed by atoms with Gasteiger partial charge >= 0.3 is 6.03 Å². The third-order valence-electron chi connectivity index (χ3n) is 2.10. The van der Waals surface area contributed by atoms with Gasteiger partial charge in [0, 0.05) is 12.7 Å². The maximum atomic E-state index is 11.6. The Morgan fingerprint density at radius 1 is 1.47 bits per heavy atom. The molecule has 1 rings (SSSR count). The molecule has 6 heteroatoms. The zero-order valence-corrected chi connectivity index (χ0v) is 9.86. The van der Waals surface area contributed by atoms with Gasteiger partial charge in [-0.05, 0) is 24.3 Å². The molecule has 0 unspecified atom stereocenters. The van der Waals surface area contributed by atoms with Gasteiger partial charge in [0.1, 0.15) is 11.6 Å². The number of benzene rings is 1. The summed E-state index contributed by atoms with van der Waals surface area (Å²) in [5, 5.41) is 9.77. The molecule has 0 saturated carbocycles. The van der Waals surface area contributed by atoms with Gasteiger partial charge in [0.2, 0.25) is 0 Å². The molecule has 0 heterocycles. The third kappa shape index (κ3) is 4.02. The van der Waals surface area contributed by atoms with Crippen LogP contribution in [0.1, 0.15) is 0 Å². The number of nitrogens with zero attached hydrogens (tertiary/aromatic N) is 1. The number of anilines is 1. The molecule has 0 spiro atoms. The molecule has 0 radical (unpaired) electrons. The van der Waals surface area contributed by atoms with Crippen molar-refractivity contribution in [3.05, 3.63) is 24.3 Å². The number of methoxy groups -OCH3 is 1. The molecule has 92 valence electrons. The molecule has 0 aliphatic rings. The molecule has 0 saturated heterocycles. The summed E-state index contributed by atoms with van der Waals surface area (Å²) in [6.45, 7) is 0.0992. The number of urea groups is 1. The van der Waals surface area contributed by atoms with E-state index in [-0.39, 0.29) is 18.4 Å². The van der Waals surface area contributed by atoms with Gasteiger partial charge < -0.3 is 20.7 Å². The number of hydrogen-bond acceptors (Lipinski definition) is 3. The van der Waals surface area contributed by atoms with Crippen LogP contribution >= 0.6 is 0 Å². The first kappa shape index (κ1) is 12.8. The Labute approximate surface area is 99.9 Å². The van der Waals surface area contributed by atoms with Gasteiger partial charge in [0.25, 0.3) is 0 Å². The SMILES string of the molecule is COc1ccc(NC(=O)N(C)CC(=N)N)cc1. The summed E-state index contributed by atoms with van der Waals surface area (Å²) in [5.74, 6) is 0.664. The fourth-order valence-corrected chi connectivity index (χ4v) is 1.22. The molecule has 0 aliphatic carbocycles. The summed E-state index contributed by atoms with van der Waals surface area (Å²) in [7, 11) is 3.15. The van der Waals surface area contributed by atoms with E-state index in [0.717, 1.165) is 5.75 Å². The fraction of sp³-hybridized carbons (Fsp3) is 0.273. The van der Waals surface area contributed by atoms with Crippen molar-refractivity contribution in [1.82, 2.24) is 4.90 Å². The number of nitrogens with two attached hydrogens (primary N) is 1. The van der Waals surface area contributed by atoms with E-state index in [1.807, 2.05) is 0 Å². The summed E-state index contributed by atoms with van der Waals surface area (Å²) in [5.41, 5.74) is 5.87. The molecule has 1 aromatic carbocycles. The highest BCUT2D eigenvalue weighted by Crippen LogP contribution is 2.15. The Bertz CT molecular complexity index is 402. The minimum Gasteiger partial charge on any atom is -0.497 e. The predicted molar refractivity (Wildman–Crippen MR) is 66.6 cm³/mol. The van der Waals surface area contributed by atoms with Crippen molar-refractivity contribution in [2.24, 2.45) is 5.73 Å². The lowest BCUT2D eigenvalue weighted by Gasteiger charge is -2.17. The lowest BCUT2D eigenvalue weighted by molar-refractivity contribution is 0.227. The summed E-state index contributed by atoms with van der Waals surface area (Å²) < 4.78 is 5.01. The molecular formula is C11H16N4O2. The first-order chi connectivity index (χ1) is 8.02. The van der Waals surface area contributed by atoms with Gasteiger partial charge in [-0.25, -0.2) is 4.79 Å². The Hall–Kier alpha value is -2.24. The maximum Gasteiger partial charge on any atom is 0.321 e. The molecule has 1 aromatic rings. The van der Waals surface area contributed by atoms with E-state index in [4.69, 9.17) is 15.9 Å². The topological polar surface area (TPSA) is 91.4 Å². The van der Waals surface area contributed by atoms with Crippen LogP contribution in [0.2, 0.25) is 0 Å². The van der Waals surface area contributed by atoms with E-state index in [0.29, 0.717) is 5.69 Å². The lowest BCUT2D eigenvalue weighted by Crippen LogP contribution is -2.37. The summed E-state index contributed by atoms with van der Waals surface area (Å²) in [6.07, 6.45) is 0. The number of carbonyl (C=O) groups is 1. The van der Waals surface area contributed by atoms with E-state index in [9.17, 15) is 4.79 Å². The highest BCUT2D eigenvalue weighted by molar-refractivity contribution is 5.92. The van der Waals surface area contributed by atoms with Crippen molar-refractivity contribution < 1.29 is 9.53 Å². The number of ether oxygens (including phenoxy) is 1. The van der Waals surface area contributed by atoms with Gasteiger partial charge in [-0.1, -0.05) is 0 Å². The first-order valence-electron chi connectivity index (χ1n) is 5.02. The highest BCUT2D eigenvalue weighted by Gasteiger charge is 2.09. The average molecular weight is 236 g/mol. The molecule has 0 bridgehead atoms. The molecule has 6 nitrogen and oxygen atoms in total. The number of nitrogens with one attached hydrogen (secondary N) is 2. The van der Waals surface area contributed by atoms with Crippen molar-refractivity contribution in [3.8, 4) is 5.75 Å². The van der Waals surface area contributed by atoms with E-state index in [1.54, 1.807) is 38.4 Å². The van der Waals surface area contributed by atoms with Crippen LogP contribution < -0.4 is 15.8 Å². The molecule has 0 atom stereocenters. The zero-order chi connectivity index (χ0) is 12.8. The van der Waals surface area contributed by atoms with E-state index >= 15 is 0 Å². The normalized spacial score (nSPS) is 9.53. The smallest absolute Gasteiger partial charge is 0.321 e. The van der Waals surface area contributed by atoms with Gasteiger partial charge in [0.15, 0.2) is 0 Å². The molecular weight excluding hydrogens is 220 g/mol. The number of rotatable bonds is 4. The van der Waals surface area contributed by atoms with Crippen molar-refractivity contribution in [3.63, 3.8) is 0 Å². The average Bonchev–Trinajstić information content (AvgIpc) is 2.29. The molecule has 0 fully saturated rings. The third-order valence-corrected chi connectivity index (χ3v) is 2.10. The largest absolute Gasteiger partial charge is 0.497 e. The Morgan fingerprint density at radius 3 is 2.53 bits per heavy atom. The summed E-state index contributed by atoms with van der Waals surface area (Å²) in [6, 6.07) is 6.66. The predicted octanol–water partition coefficient (Wildman–Crippen LogP) is 1.09. The van der Waals surface area contributed by atoms with E-state index in [1.165, 1.54) is 4.90 Å². The van der Waals surface area contributed by atoms with Crippen molar-refractivity contribution >= 4 is 17.6 Å². The van der Waals surface area contributed by atoms with E-state index in [2.05, 4.69) is 5.32 Å². The monoisotopic (exact) mass is 236 g/mol. The number of amides is 2. The minimum absolute atomic E-state index is 0.0580. The zero-order valence-electron chi connectivity index (χ0n) is 9.86. The summed E-state index contributed by atoms with van der Waals surface area (Å²) in [4.78, 5) is 13.0. The number of hydrogen-bond donors (Lipinski definition) is 3. The Balaban J connectivity index is 2.58. The van der Waals surface area contributed by atoms with Crippen LogP contribution in [-0.4, -0.2) is 37.5 Å². The minimum atomic E-state index is -0.314. The number of likely N-dealkylation sites (N-methyl/N-ethyl adjacent to an activating group) is 1. The van der Waals surface area contributed by atoms with Crippen LogP contribution in [0.5, 0.6) is 5.75 Å².